The van der Waals surface area contributed by atoms with Crippen molar-refractivity contribution in [2.75, 3.05) is 5.75 Å². The Hall–Kier alpha value is -0.830. The molecule has 0 radical (unpaired) electrons. The molecule has 1 aromatic carbocycles. The van der Waals surface area contributed by atoms with Gasteiger partial charge in [0.15, 0.2) is 9.84 Å². The summed E-state index contributed by atoms with van der Waals surface area (Å²) in [7, 11) is -2.82. The summed E-state index contributed by atoms with van der Waals surface area (Å²) in [4.78, 5) is 0. The zero-order chi connectivity index (χ0) is 10.2. The zero-order valence-electron chi connectivity index (χ0n) is 8.18. The lowest BCUT2D eigenvalue weighted by atomic mass is 10.1. The summed E-state index contributed by atoms with van der Waals surface area (Å²) in [5.74, 6) is 0.516. The molecule has 1 fully saturated rings. The molecule has 0 amide bonds. The highest BCUT2D eigenvalue weighted by atomic mass is 32.2. The van der Waals surface area contributed by atoms with Crippen LogP contribution in [-0.4, -0.2) is 19.4 Å². The van der Waals surface area contributed by atoms with E-state index in [1.54, 1.807) is 6.92 Å². The third-order valence-corrected chi connectivity index (χ3v) is 5.07. The minimum atomic E-state index is -2.82. The first kappa shape index (κ1) is 9.71. The number of rotatable bonds is 3. The summed E-state index contributed by atoms with van der Waals surface area (Å²) in [5.41, 5.74) is 1.16. The Morgan fingerprint density at radius 1 is 1.29 bits per heavy atom. The number of hydrogen-bond donors (Lipinski definition) is 0. The highest BCUT2D eigenvalue weighted by Crippen LogP contribution is 2.45. The maximum absolute atomic E-state index is 11.5. The van der Waals surface area contributed by atoms with Crippen molar-refractivity contribution in [3.63, 3.8) is 0 Å². The van der Waals surface area contributed by atoms with Gasteiger partial charge in [0, 0.05) is 11.7 Å². The molecule has 1 aliphatic carbocycles. The van der Waals surface area contributed by atoms with E-state index < -0.39 is 9.84 Å². The van der Waals surface area contributed by atoms with E-state index in [1.165, 1.54) is 0 Å². The molecule has 3 heteroatoms. The predicted molar refractivity (Wildman–Crippen MR) is 57.0 cm³/mol. The van der Waals surface area contributed by atoms with Crippen LogP contribution >= 0.6 is 0 Å². The van der Waals surface area contributed by atoms with Crippen molar-refractivity contribution in [3.8, 4) is 0 Å². The normalized spacial score (nSPS) is 26.1. The SMILES string of the molecule is CCS(=O)(=O)C1CC1c1ccccc1. The van der Waals surface area contributed by atoms with Gasteiger partial charge in [-0.15, -0.1) is 0 Å². The average molecular weight is 210 g/mol. The third kappa shape index (κ3) is 1.69. The zero-order valence-corrected chi connectivity index (χ0v) is 9.00. The Morgan fingerprint density at radius 3 is 2.50 bits per heavy atom. The van der Waals surface area contributed by atoms with Gasteiger partial charge in [-0.05, 0) is 12.0 Å². The minimum Gasteiger partial charge on any atom is -0.229 e. The molecule has 1 aromatic rings. The molecule has 0 saturated heterocycles. The van der Waals surface area contributed by atoms with Crippen LogP contribution in [0.1, 0.15) is 24.8 Å². The van der Waals surface area contributed by atoms with Crippen LogP contribution in [0.3, 0.4) is 0 Å². The van der Waals surface area contributed by atoms with Crippen LogP contribution in [-0.2, 0) is 9.84 Å². The van der Waals surface area contributed by atoms with Gasteiger partial charge in [0.25, 0.3) is 0 Å². The first-order valence-electron chi connectivity index (χ1n) is 4.91. The van der Waals surface area contributed by atoms with Crippen LogP contribution in [0.4, 0.5) is 0 Å². The van der Waals surface area contributed by atoms with Gasteiger partial charge in [0.2, 0.25) is 0 Å². The molecule has 0 N–H and O–H groups in total. The fourth-order valence-electron chi connectivity index (χ4n) is 1.83. The molecule has 1 aliphatic rings. The smallest absolute Gasteiger partial charge is 0.153 e. The Labute approximate surface area is 84.9 Å². The van der Waals surface area contributed by atoms with Crippen LogP contribution in [0.2, 0.25) is 0 Å². The van der Waals surface area contributed by atoms with Gasteiger partial charge in [-0.3, -0.25) is 0 Å². The molecule has 2 atom stereocenters. The van der Waals surface area contributed by atoms with Crippen LogP contribution in [0.5, 0.6) is 0 Å². The average Bonchev–Trinajstić information content (AvgIpc) is 2.99. The largest absolute Gasteiger partial charge is 0.229 e. The second-order valence-electron chi connectivity index (χ2n) is 3.74. The molecular weight excluding hydrogens is 196 g/mol. The molecule has 0 bridgehead atoms. The second kappa shape index (κ2) is 3.39. The van der Waals surface area contributed by atoms with Crippen LogP contribution < -0.4 is 0 Å². The van der Waals surface area contributed by atoms with Gasteiger partial charge in [0.05, 0.1) is 5.25 Å². The van der Waals surface area contributed by atoms with Crippen molar-refractivity contribution in [1.29, 1.82) is 0 Å². The Kier molecular flexibility index (Phi) is 2.35. The number of benzene rings is 1. The van der Waals surface area contributed by atoms with E-state index in [0.717, 1.165) is 12.0 Å². The minimum absolute atomic E-state index is 0.116. The van der Waals surface area contributed by atoms with Gasteiger partial charge in [0.1, 0.15) is 0 Å². The topological polar surface area (TPSA) is 34.1 Å². The summed E-state index contributed by atoms with van der Waals surface area (Å²) < 4.78 is 23.1. The monoisotopic (exact) mass is 210 g/mol. The van der Waals surface area contributed by atoms with Crippen molar-refractivity contribution in [2.45, 2.75) is 24.5 Å². The first-order chi connectivity index (χ1) is 6.65. The number of sulfone groups is 1. The van der Waals surface area contributed by atoms with Gasteiger partial charge < -0.3 is 0 Å². The van der Waals surface area contributed by atoms with Gasteiger partial charge in [-0.2, -0.15) is 0 Å². The molecule has 1 saturated carbocycles. The van der Waals surface area contributed by atoms with Crippen molar-refractivity contribution in [2.24, 2.45) is 0 Å². The van der Waals surface area contributed by atoms with E-state index in [4.69, 9.17) is 0 Å². The van der Waals surface area contributed by atoms with E-state index in [2.05, 4.69) is 0 Å². The van der Waals surface area contributed by atoms with Crippen molar-refractivity contribution in [3.05, 3.63) is 35.9 Å². The lowest BCUT2D eigenvalue weighted by Gasteiger charge is -2.00. The summed E-state index contributed by atoms with van der Waals surface area (Å²) in [6, 6.07) is 9.90. The Balaban J connectivity index is 2.15. The van der Waals surface area contributed by atoms with Crippen molar-refractivity contribution >= 4 is 9.84 Å². The van der Waals surface area contributed by atoms with E-state index >= 15 is 0 Å². The molecule has 2 rings (SSSR count). The molecule has 2 nitrogen and oxygen atoms in total. The third-order valence-electron chi connectivity index (χ3n) is 2.82. The quantitative estimate of drug-likeness (QED) is 0.764. The molecule has 0 heterocycles. The number of hydrogen-bond acceptors (Lipinski definition) is 2. The second-order valence-corrected chi connectivity index (χ2v) is 6.25. The summed E-state index contributed by atoms with van der Waals surface area (Å²) >= 11 is 0. The first-order valence-corrected chi connectivity index (χ1v) is 6.63. The predicted octanol–water partition coefficient (Wildman–Crippen LogP) is 1.98. The van der Waals surface area contributed by atoms with Gasteiger partial charge in [-0.25, -0.2) is 8.42 Å². The fourth-order valence-corrected chi connectivity index (χ4v) is 3.42. The Bertz CT molecular complexity index is 408. The standard InChI is InChI=1S/C11H14O2S/c1-2-14(12,13)11-8-10(11)9-6-4-3-5-7-9/h3-7,10-11H,2,8H2,1H3. The molecule has 14 heavy (non-hydrogen) atoms. The molecule has 2 unspecified atom stereocenters. The molecule has 76 valence electrons. The van der Waals surface area contributed by atoms with Gasteiger partial charge in [-0.1, -0.05) is 37.3 Å². The molecule has 0 aromatic heterocycles. The summed E-state index contributed by atoms with van der Waals surface area (Å²) in [6.45, 7) is 1.72. The van der Waals surface area contributed by atoms with E-state index in [1.807, 2.05) is 30.3 Å². The van der Waals surface area contributed by atoms with Crippen molar-refractivity contribution < 1.29 is 8.42 Å². The molecule has 0 spiro atoms. The lowest BCUT2D eigenvalue weighted by molar-refractivity contribution is 0.595. The van der Waals surface area contributed by atoms with Crippen LogP contribution in [0.15, 0.2) is 30.3 Å². The van der Waals surface area contributed by atoms with Crippen LogP contribution in [0, 0.1) is 0 Å². The molecular formula is C11H14O2S. The van der Waals surface area contributed by atoms with E-state index in [9.17, 15) is 8.42 Å². The highest BCUT2D eigenvalue weighted by molar-refractivity contribution is 7.92. The molecule has 0 aliphatic heterocycles. The van der Waals surface area contributed by atoms with E-state index in [0.29, 0.717) is 0 Å². The van der Waals surface area contributed by atoms with E-state index in [-0.39, 0.29) is 16.9 Å². The van der Waals surface area contributed by atoms with Gasteiger partial charge >= 0.3 is 0 Å². The maximum atomic E-state index is 11.5. The summed E-state index contributed by atoms with van der Waals surface area (Å²) in [6.07, 6.45) is 0.806. The Morgan fingerprint density at radius 2 is 1.93 bits per heavy atom. The fraction of sp³-hybridized carbons (Fsp3) is 0.455. The maximum Gasteiger partial charge on any atom is 0.153 e. The summed E-state index contributed by atoms with van der Waals surface area (Å²) in [5, 5.41) is -0.116. The highest BCUT2D eigenvalue weighted by Gasteiger charge is 2.46. The van der Waals surface area contributed by atoms with Crippen LogP contribution in [0.25, 0.3) is 0 Å². The lowest BCUT2D eigenvalue weighted by Crippen LogP contribution is -2.10. The van der Waals surface area contributed by atoms with Crippen molar-refractivity contribution in [1.82, 2.24) is 0 Å².